The van der Waals surface area contributed by atoms with Crippen molar-refractivity contribution < 1.29 is 8.81 Å². The first-order chi connectivity index (χ1) is 3.29. The van der Waals surface area contributed by atoms with Crippen LogP contribution in [0.15, 0.2) is 9.21 Å². The minimum atomic E-state index is -1.06. The van der Waals surface area contributed by atoms with Gasteiger partial charge < -0.3 is 4.42 Å². The highest BCUT2D eigenvalue weighted by Crippen LogP contribution is 1.85. The number of rotatable bonds is 0. The second-order valence-electron chi connectivity index (χ2n) is 0.788. The highest BCUT2D eigenvalue weighted by atomic mass is 32.1. The van der Waals surface area contributed by atoms with Gasteiger partial charge in [0.1, 0.15) is 0 Å². The van der Waals surface area contributed by atoms with Gasteiger partial charge >= 0.3 is 11.1 Å². The van der Waals surface area contributed by atoms with Gasteiger partial charge in [-0.15, -0.1) is 8.76 Å². The van der Waals surface area contributed by atoms with E-state index in [0.29, 0.717) is 11.5 Å². The second-order valence-corrected chi connectivity index (χ2v) is 1.49. The minimum absolute atomic E-state index is 0.457. The average Bonchev–Trinajstić information content (AvgIpc) is 1.87. The van der Waals surface area contributed by atoms with Gasteiger partial charge in [-0.25, -0.2) is 4.79 Å². The van der Waals surface area contributed by atoms with Crippen molar-refractivity contribution in [1.82, 2.24) is 4.37 Å². The molecule has 0 spiro atoms. The Morgan fingerprint density at radius 2 is 2.57 bits per heavy atom. The topological polar surface area (TPSA) is 43.1 Å². The van der Waals surface area contributed by atoms with E-state index >= 15 is 0 Å². The van der Waals surface area contributed by atoms with E-state index in [1.165, 1.54) is 0 Å². The third-order valence-corrected chi connectivity index (χ3v) is 0.827. The molecule has 0 saturated carbocycles. The largest absolute Gasteiger partial charge is 0.416 e. The first-order valence-electron chi connectivity index (χ1n) is 1.41. The Labute approximate surface area is 41.6 Å². The average molecular weight is 121 g/mol. The smallest absolute Gasteiger partial charge is 0.370 e. The molecule has 0 saturated heterocycles. The van der Waals surface area contributed by atoms with Crippen LogP contribution in [0.5, 0.6) is 0 Å². The van der Waals surface area contributed by atoms with Gasteiger partial charge in [-0.2, -0.15) is 0 Å². The molecule has 1 rings (SSSR count). The Kier molecular flexibility index (Phi) is 0.900. The van der Waals surface area contributed by atoms with E-state index in [1.807, 2.05) is 0 Å². The molecule has 3 nitrogen and oxygen atoms in total. The van der Waals surface area contributed by atoms with Gasteiger partial charge in [0.15, 0.2) is 0 Å². The molecule has 0 bridgehead atoms. The van der Waals surface area contributed by atoms with E-state index in [2.05, 4.69) is 8.79 Å². The summed E-state index contributed by atoms with van der Waals surface area (Å²) in [6.45, 7) is 0. The maximum atomic E-state index is 11.5. The van der Waals surface area contributed by atoms with Gasteiger partial charge in [0.25, 0.3) is 0 Å². The van der Waals surface area contributed by atoms with Gasteiger partial charge in [-0.3, -0.25) is 0 Å². The summed E-state index contributed by atoms with van der Waals surface area (Å²) in [5.74, 6) is 0. The Bertz CT molecular complexity index is 203. The van der Waals surface area contributed by atoms with Crippen LogP contribution in [0.25, 0.3) is 0 Å². The van der Waals surface area contributed by atoms with E-state index in [0.717, 1.165) is 0 Å². The number of hydrogen-bond acceptors (Lipinski definition) is 4. The molecule has 1 aromatic heterocycles. The van der Waals surface area contributed by atoms with Gasteiger partial charge in [-0.1, -0.05) is 0 Å². The molecule has 0 radical (unpaired) electrons. The molecule has 5 heteroatoms. The molecule has 1 aromatic rings. The van der Waals surface area contributed by atoms with Crippen LogP contribution in [0, 0.1) is 6.14 Å². The monoisotopic (exact) mass is 121 g/mol. The van der Waals surface area contributed by atoms with Gasteiger partial charge in [0.2, 0.25) is 0 Å². The maximum absolute atomic E-state index is 11.5. The lowest BCUT2D eigenvalue weighted by Gasteiger charge is -1.58. The minimum Gasteiger partial charge on any atom is -0.370 e. The fourth-order valence-corrected chi connectivity index (χ4v) is 0.469. The van der Waals surface area contributed by atoms with Gasteiger partial charge in [-0.05, 0) is 0 Å². The zero-order chi connectivity index (χ0) is 5.28. The van der Waals surface area contributed by atoms with Crippen LogP contribution in [-0.2, 0) is 0 Å². The third-order valence-electron chi connectivity index (χ3n) is 0.360. The molecule has 0 fully saturated rings. The molecule has 0 aliphatic carbocycles. The van der Waals surface area contributed by atoms with Crippen LogP contribution in [0.1, 0.15) is 0 Å². The van der Waals surface area contributed by atoms with E-state index in [-0.39, 0.29) is 0 Å². The number of hydrogen-bond donors (Lipinski definition) is 0. The molecule has 0 aromatic carbocycles. The summed E-state index contributed by atoms with van der Waals surface area (Å²) in [5, 5.41) is 0. The summed E-state index contributed by atoms with van der Waals surface area (Å²) in [4.78, 5) is 9.13. The van der Waals surface area contributed by atoms with Crippen LogP contribution in [0.4, 0.5) is 4.39 Å². The molecule has 0 aliphatic rings. The summed E-state index contributed by atoms with van der Waals surface area (Å²) in [7, 11) is 0. The lowest BCUT2D eigenvalue weighted by Crippen LogP contribution is -1.80. The standard InChI is InChI=1S/C2FNO2S/c3-1-4-7-2(5)6-1. The molecule has 7 heavy (non-hydrogen) atoms. The van der Waals surface area contributed by atoms with Crippen molar-refractivity contribution in [2.24, 2.45) is 0 Å². The fraction of sp³-hybridized carbons (Fsp3) is 0. The molecule has 0 aliphatic heterocycles. The normalized spacial score (nSPS) is 9.29. The van der Waals surface area contributed by atoms with Crippen LogP contribution < -0.4 is 4.94 Å². The predicted octanol–water partition coefficient (Wildman–Crippen LogP) is 0.235. The lowest BCUT2D eigenvalue weighted by atomic mass is 11.4. The van der Waals surface area contributed by atoms with Gasteiger partial charge in [0.05, 0.1) is 11.5 Å². The Morgan fingerprint density at radius 3 is 2.71 bits per heavy atom. The van der Waals surface area contributed by atoms with Crippen LogP contribution in [-0.4, -0.2) is 4.37 Å². The Balaban J connectivity index is 3.30. The molecular weight excluding hydrogens is 121 g/mol. The van der Waals surface area contributed by atoms with E-state index in [9.17, 15) is 9.18 Å². The van der Waals surface area contributed by atoms with E-state index < -0.39 is 11.1 Å². The van der Waals surface area contributed by atoms with Crippen molar-refractivity contribution in [3.8, 4) is 0 Å². The third kappa shape index (κ3) is 0.833. The first-order valence-corrected chi connectivity index (χ1v) is 2.19. The molecule has 1 heterocycles. The van der Waals surface area contributed by atoms with E-state index in [4.69, 9.17) is 0 Å². The number of nitrogens with zero attached hydrogens (tertiary/aromatic N) is 1. The molecule has 0 unspecified atom stereocenters. The van der Waals surface area contributed by atoms with Crippen LogP contribution in [0.2, 0.25) is 0 Å². The van der Waals surface area contributed by atoms with Crippen molar-refractivity contribution in [1.29, 1.82) is 0 Å². The summed E-state index contributed by atoms with van der Waals surface area (Å²) in [6.07, 6.45) is -1.06. The first kappa shape index (κ1) is 4.45. The summed E-state index contributed by atoms with van der Waals surface area (Å²) >= 11 is 0.457. The zero-order valence-electron chi connectivity index (χ0n) is 3.05. The van der Waals surface area contributed by atoms with Crippen molar-refractivity contribution in [2.45, 2.75) is 0 Å². The quantitative estimate of drug-likeness (QED) is 0.493. The summed E-state index contributed by atoms with van der Waals surface area (Å²) in [5.41, 5.74) is 0. The van der Waals surface area contributed by atoms with Crippen LogP contribution >= 0.6 is 11.5 Å². The van der Waals surface area contributed by atoms with Crippen molar-refractivity contribution in [3.63, 3.8) is 0 Å². The van der Waals surface area contributed by atoms with Gasteiger partial charge in [0, 0.05) is 0 Å². The zero-order valence-corrected chi connectivity index (χ0v) is 3.87. The molecule has 38 valence electrons. The van der Waals surface area contributed by atoms with Crippen molar-refractivity contribution in [3.05, 3.63) is 15.9 Å². The summed E-state index contributed by atoms with van der Waals surface area (Å²) < 4.78 is 18.1. The second kappa shape index (κ2) is 1.42. The Morgan fingerprint density at radius 1 is 1.86 bits per heavy atom. The fourth-order valence-electron chi connectivity index (χ4n) is 0.179. The van der Waals surface area contributed by atoms with E-state index in [1.54, 1.807) is 0 Å². The molecule has 0 amide bonds. The van der Waals surface area contributed by atoms with Crippen molar-refractivity contribution >= 4 is 11.5 Å². The molecular formula is C2FNO2S. The van der Waals surface area contributed by atoms with Crippen molar-refractivity contribution in [2.75, 3.05) is 0 Å². The number of halogens is 1. The highest BCUT2D eigenvalue weighted by molar-refractivity contribution is 7.02. The SMILES string of the molecule is O=c1oc(F)ns1. The van der Waals surface area contributed by atoms with Crippen LogP contribution in [0.3, 0.4) is 0 Å². The summed E-state index contributed by atoms with van der Waals surface area (Å²) in [6, 6.07) is 0. The molecule has 0 N–H and O–H groups in total. The number of aromatic nitrogens is 1. The lowest BCUT2D eigenvalue weighted by molar-refractivity contribution is 0.321. The maximum Gasteiger partial charge on any atom is 0.416 e. The Hall–Kier alpha value is -0.710. The highest BCUT2D eigenvalue weighted by Gasteiger charge is 1.94. The predicted molar refractivity (Wildman–Crippen MR) is 20.6 cm³/mol. The molecule has 0 atom stereocenters.